The van der Waals surface area contributed by atoms with Crippen molar-refractivity contribution in [2.24, 2.45) is 5.92 Å². The molecule has 2 aromatic carbocycles. The normalized spacial score (nSPS) is 16.5. The molecule has 1 N–H and O–H groups in total. The SMILES string of the molecule is CCOC(=O)C1=C(c2ccccc2)NC(=O)C1C(=O)/C=C/c1ccccc1. The van der Waals surface area contributed by atoms with Crippen LogP contribution in [0.1, 0.15) is 18.1 Å². The van der Waals surface area contributed by atoms with Gasteiger partial charge in [-0.25, -0.2) is 4.79 Å². The number of carbonyl (C=O) groups is 3. The first-order valence-corrected chi connectivity index (χ1v) is 8.66. The van der Waals surface area contributed by atoms with E-state index >= 15 is 0 Å². The number of ether oxygens (including phenoxy) is 1. The van der Waals surface area contributed by atoms with Crippen LogP contribution in [0.2, 0.25) is 0 Å². The van der Waals surface area contributed by atoms with Crippen LogP contribution < -0.4 is 5.32 Å². The molecule has 0 aromatic heterocycles. The molecule has 1 amide bonds. The van der Waals surface area contributed by atoms with Crippen LogP contribution in [0.5, 0.6) is 0 Å². The summed E-state index contributed by atoms with van der Waals surface area (Å²) < 4.78 is 5.10. The molecule has 2 aromatic rings. The Hall–Kier alpha value is -3.47. The molecule has 3 rings (SSSR count). The number of nitrogens with one attached hydrogen (secondary N) is 1. The molecule has 1 heterocycles. The minimum atomic E-state index is -1.22. The van der Waals surface area contributed by atoms with E-state index in [0.717, 1.165) is 5.56 Å². The van der Waals surface area contributed by atoms with Crippen molar-refractivity contribution in [1.82, 2.24) is 5.32 Å². The van der Waals surface area contributed by atoms with Gasteiger partial charge in [0, 0.05) is 0 Å². The molecule has 0 saturated heterocycles. The molecule has 0 radical (unpaired) electrons. The van der Waals surface area contributed by atoms with E-state index < -0.39 is 23.6 Å². The van der Waals surface area contributed by atoms with Crippen molar-refractivity contribution in [3.05, 3.63) is 83.4 Å². The number of amides is 1. The third kappa shape index (κ3) is 4.03. The lowest BCUT2D eigenvalue weighted by atomic mass is 9.93. The highest BCUT2D eigenvalue weighted by molar-refractivity contribution is 6.23. The maximum absolute atomic E-state index is 12.7. The van der Waals surface area contributed by atoms with Crippen molar-refractivity contribution in [2.75, 3.05) is 6.61 Å². The minimum absolute atomic E-state index is 0.0516. The summed E-state index contributed by atoms with van der Waals surface area (Å²) >= 11 is 0. The number of ketones is 1. The zero-order valence-electron chi connectivity index (χ0n) is 14.8. The fourth-order valence-electron chi connectivity index (χ4n) is 2.91. The van der Waals surface area contributed by atoms with Crippen molar-refractivity contribution in [2.45, 2.75) is 6.92 Å². The Morgan fingerprint density at radius 3 is 2.30 bits per heavy atom. The van der Waals surface area contributed by atoms with Crippen LogP contribution in [0.15, 0.2) is 72.3 Å². The molecule has 1 aliphatic heterocycles. The van der Waals surface area contributed by atoms with Gasteiger partial charge in [-0.3, -0.25) is 9.59 Å². The quantitative estimate of drug-likeness (QED) is 0.488. The van der Waals surface area contributed by atoms with Gasteiger partial charge in [-0.05, 0) is 24.1 Å². The maximum Gasteiger partial charge on any atom is 0.337 e. The smallest absolute Gasteiger partial charge is 0.337 e. The molecular weight excluding hydrogens is 342 g/mol. The van der Waals surface area contributed by atoms with Crippen LogP contribution in [0.3, 0.4) is 0 Å². The summed E-state index contributed by atoms with van der Waals surface area (Å²) in [6, 6.07) is 18.2. The molecule has 0 saturated carbocycles. The first-order chi connectivity index (χ1) is 13.1. The number of hydrogen-bond donors (Lipinski definition) is 1. The fraction of sp³-hybridized carbons (Fsp3) is 0.136. The molecule has 1 unspecified atom stereocenters. The number of allylic oxidation sites excluding steroid dienone is 1. The third-order valence-electron chi connectivity index (χ3n) is 4.15. The molecule has 1 atom stereocenters. The van der Waals surface area contributed by atoms with Crippen LogP contribution in [0.4, 0.5) is 0 Å². The van der Waals surface area contributed by atoms with E-state index in [0.29, 0.717) is 11.3 Å². The Morgan fingerprint density at radius 2 is 1.67 bits per heavy atom. The molecule has 1 aliphatic rings. The Kier molecular flexibility index (Phi) is 5.61. The van der Waals surface area contributed by atoms with E-state index in [2.05, 4.69) is 5.32 Å². The van der Waals surface area contributed by atoms with Crippen molar-refractivity contribution in [3.63, 3.8) is 0 Å². The van der Waals surface area contributed by atoms with Crippen LogP contribution in [-0.4, -0.2) is 24.3 Å². The lowest BCUT2D eigenvalue weighted by molar-refractivity contribution is -0.141. The van der Waals surface area contributed by atoms with E-state index in [-0.39, 0.29) is 12.2 Å². The van der Waals surface area contributed by atoms with E-state index in [9.17, 15) is 14.4 Å². The van der Waals surface area contributed by atoms with E-state index in [1.54, 1.807) is 37.3 Å². The predicted molar refractivity (Wildman–Crippen MR) is 102 cm³/mol. The van der Waals surface area contributed by atoms with E-state index in [1.165, 1.54) is 6.08 Å². The summed E-state index contributed by atoms with van der Waals surface area (Å²) in [7, 11) is 0. The highest BCUT2D eigenvalue weighted by Gasteiger charge is 2.42. The average molecular weight is 361 g/mol. The van der Waals surface area contributed by atoms with Crippen LogP contribution in [-0.2, 0) is 19.1 Å². The monoisotopic (exact) mass is 361 g/mol. The first-order valence-electron chi connectivity index (χ1n) is 8.66. The highest BCUT2D eigenvalue weighted by atomic mass is 16.5. The predicted octanol–water partition coefficient (Wildman–Crippen LogP) is 2.99. The minimum Gasteiger partial charge on any atom is -0.463 e. The van der Waals surface area contributed by atoms with Crippen LogP contribution in [0.25, 0.3) is 11.8 Å². The van der Waals surface area contributed by atoms with Gasteiger partial charge < -0.3 is 10.1 Å². The van der Waals surface area contributed by atoms with Gasteiger partial charge in [-0.2, -0.15) is 0 Å². The van der Waals surface area contributed by atoms with Crippen molar-refractivity contribution >= 4 is 29.4 Å². The molecule has 27 heavy (non-hydrogen) atoms. The summed E-state index contributed by atoms with van der Waals surface area (Å²) in [6.45, 7) is 1.83. The Morgan fingerprint density at radius 1 is 1.04 bits per heavy atom. The largest absolute Gasteiger partial charge is 0.463 e. The second-order valence-corrected chi connectivity index (χ2v) is 5.94. The molecular formula is C22H19NO4. The second-order valence-electron chi connectivity index (χ2n) is 5.94. The Balaban J connectivity index is 1.98. The van der Waals surface area contributed by atoms with Crippen molar-refractivity contribution in [3.8, 4) is 0 Å². The standard InChI is InChI=1S/C22H19NO4/c1-2-27-22(26)19-18(17(24)14-13-15-9-5-3-6-10-15)21(25)23-20(19)16-11-7-4-8-12-16/h3-14,18H,2H2,1H3,(H,23,25)/b14-13+. The molecule has 0 aliphatic carbocycles. The van der Waals surface area contributed by atoms with Gasteiger partial charge in [0.15, 0.2) is 5.78 Å². The van der Waals surface area contributed by atoms with Gasteiger partial charge in [0.25, 0.3) is 0 Å². The van der Waals surface area contributed by atoms with Gasteiger partial charge in [0.1, 0.15) is 5.92 Å². The zero-order chi connectivity index (χ0) is 19.2. The second kappa shape index (κ2) is 8.27. The molecule has 0 fully saturated rings. The summed E-state index contributed by atoms with van der Waals surface area (Å²) in [5, 5.41) is 2.67. The number of hydrogen-bond acceptors (Lipinski definition) is 4. The Labute approximate surface area is 157 Å². The first kappa shape index (κ1) is 18.3. The van der Waals surface area contributed by atoms with Gasteiger partial charge in [-0.1, -0.05) is 66.7 Å². The molecule has 136 valence electrons. The molecule has 5 heteroatoms. The molecule has 0 bridgehead atoms. The summed E-state index contributed by atoms with van der Waals surface area (Å²) in [4.78, 5) is 37.8. The number of benzene rings is 2. The molecule has 0 spiro atoms. The van der Waals surface area contributed by atoms with E-state index in [4.69, 9.17) is 4.74 Å². The van der Waals surface area contributed by atoms with E-state index in [1.807, 2.05) is 36.4 Å². The fourth-order valence-corrected chi connectivity index (χ4v) is 2.91. The summed E-state index contributed by atoms with van der Waals surface area (Å²) in [5.41, 5.74) is 1.85. The lowest BCUT2D eigenvalue weighted by Crippen LogP contribution is -2.29. The van der Waals surface area contributed by atoms with Crippen molar-refractivity contribution in [1.29, 1.82) is 0 Å². The van der Waals surface area contributed by atoms with Crippen LogP contribution in [0, 0.1) is 5.92 Å². The van der Waals surface area contributed by atoms with Gasteiger partial charge in [0.05, 0.1) is 17.9 Å². The topological polar surface area (TPSA) is 72.5 Å². The zero-order valence-corrected chi connectivity index (χ0v) is 14.8. The average Bonchev–Trinajstić information content (AvgIpc) is 3.05. The number of carbonyl (C=O) groups excluding carboxylic acids is 3. The van der Waals surface area contributed by atoms with Gasteiger partial charge in [-0.15, -0.1) is 0 Å². The van der Waals surface area contributed by atoms with Crippen molar-refractivity contribution < 1.29 is 19.1 Å². The Bertz CT molecular complexity index is 914. The highest BCUT2D eigenvalue weighted by Crippen LogP contribution is 2.31. The molecule has 5 nitrogen and oxygen atoms in total. The lowest BCUT2D eigenvalue weighted by Gasteiger charge is -2.10. The third-order valence-corrected chi connectivity index (χ3v) is 4.15. The summed E-state index contributed by atoms with van der Waals surface area (Å²) in [6.07, 6.45) is 2.95. The van der Waals surface area contributed by atoms with Gasteiger partial charge >= 0.3 is 5.97 Å². The number of rotatable bonds is 6. The van der Waals surface area contributed by atoms with Crippen LogP contribution >= 0.6 is 0 Å². The number of esters is 1. The summed E-state index contributed by atoms with van der Waals surface area (Å²) in [5.74, 6) is -2.88. The maximum atomic E-state index is 12.7. The van der Waals surface area contributed by atoms with Gasteiger partial charge in [0.2, 0.25) is 5.91 Å².